The van der Waals surface area contributed by atoms with E-state index in [0.29, 0.717) is 11.7 Å². The molecule has 1 fully saturated rings. The fourth-order valence-electron chi connectivity index (χ4n) is 5.28. The van der Waals surface area contributed by atoms with Gasteiger partial charge in [0, 0.05) is 5.92 Å². The van der Waals surface area contributed by atoms with Crippen LogP contribution in [0.15, 0.2) is 24.3 Å². The van der Waals surface area contributed by atoms with Gasteiger partial charge in [0.15, 0.2) is 0 Å². The Kier molecular flexibility index (Phi) is 6.66. The van der Waals surface area contributed by atoms with Crippen LogP contribution in [0.2, 0.25) is 0 Å². The van der Waals surface area contributed by atoms with Gasteiger partial charge in [0.25, 0.3) is 0 Å². The lowest BCUT2D eigenvalue weighted by Gasteiger charge is -2.35. The Morgan fingerprint density at radius 3 is 1.81 bits per heavy atom. The third-order valence-electron chi connectivity index (χ3n) is 7.31. The molecule has 3 rings (SSSR count). The fourth-order valence-corrected chi connectivity index (χ4v) is 5.28. The van der Waals surface area contributed by atoms with E-state index in [2.05, 4.69) is 80.5 Å². The molecular formula is C30H44O. The van der Waals surface area contributed by atoms with E-state index >= 15 is 0 Å². The first-order valence-corrected chi connectivity index (χ1v) is 12.3. The van der Waals surface area contributed by atoms with Crippen molar-refractivity contribution in [3.8, 4) is 5.75 Å². The summed E-state index contributed by atoms with van der Waals surface area (Å²) in [6.45, 7) is 20.4. The molecule has 1 aliphatic rings. The summed E-state index contributed by atoms with van der Waals surface area (Å²) in [5.74, 6) is 1.54. The van der Waals surface area contributed by atoms with Gasteiger partial charge in [0.1, 0.15) is 5.75 Å². The molecule has 0 aliphatic heterocycles. The highest BCUT2D eigenvalue weighted by atomic mass is 16.3. The van der Waals surface area contributed by atoms with E-state index in [4.69, 9.17) is 0 Å². The van der Waals surface area contributed by atoms with Crippen LogP contribution in [0.1, 0.15) is 131 Å². The fraction of sp³-hybridized carbons (Fsp3) is 0.600. The van der Waals surface area contributed by atoms with Crippen LogP contribution in [-0.4, -0.2) is 5.11 Å². The Morgan fingerprint density at radius 2 is 1.35 bits per heavy atom. The van der Waals surface area contributed by atoms with Gasteiger partial charge < -0.3 is 5.11 Å². The predicted molar refractivity (Wildman–Crippen MR) is 135 cm³/mol. The van der Waals surface area contributed by atoms with Crippen molar-refractivity contribution in [3.63, 3.8) is 0 Å². The van der Waals surface area contributed by atoms with Gasteiger partial charge in [-0.1, -0.05) is 79.5 Å². The van der Waals surface area contributed by atoms with Gasteiger partial charge in [-0.3, -0.25) is 0 Å². The number of phenolic OH excluding ortho intramolecular Hbond substituents is 1. The molecule has 0 saturated heterocycles. The van der Waals surface area contributed by atoms with Crippen LogP contribution in [0.25, 0.3) is 0 Å². The highest BCUT2D eigenvalue weighted by Crippen LogP contribution is 2.45. The first-order chi connectivity index (χ1) is 14.3. The normalized spacial score (nSPS) is 16.3. The lowest BCUT2D eigenvalue weighted by atomic mass is 9.70. The SMILES string of the molecule is CCCC(c1cc(C(C)(C)C)c(O)cc1C)c1cc(C(C)(C)C)c(C2CCC2)cc1C. The molecule has 0 radical (unpaired) electrons. The van der Waals surface area contributed by atoms with Crippen molar-refractivity contribution in [2.75, 3.05) is 0 Å². The topological polar surface area (TPSA) is 20.2 Å². The van der Waals surface area contributed by atoms with E-state index < -0.39 is 0 Å². The van der Waals surface area contributed by atoms with Crippen LogP contribution in [0.3, 0.4) is 0 Å². The Hall–Kier alpha value is -1.76. The van der Waals surface area contributed by atoms with E-state index in [1.54, 1.807) is 5.56 Å². The minimum atomic E-state index is -0.0804. The smallest absolute Gasteiger partial charge is 0.119 e. The van der Waals surface area contributed by atoms with Gasteiger partial charge in [-0.25, -0.2) is 0 Å². The van der Waals surface area contributed by atoms with Crippen molar-refractivity contribution in [1.29, 1.82) is 0 Å². The molecule has 31 heavy (non-hydrogen) atoms. The van der Waals surface area contributed by atoms with E-state index in [9.17, 15) is 5.11 Å². The molecule has 1 N–H and O–H groups in total. The van der Waals surface area contributed by atoms with Crippen molar-refractivity contribution in [1.82, 2.24) is 0 Å². The third-order valence-corrected chi connectivity index (χ3v) is 7.31. The first-order valence-electron chi connectivity index (χ1n) is 12.3. The van der Waals surface area contributed by atoms with Crippen LogP contribution in [0.5, 0.6) is 5.75 Å². The summed E-state index contributed by atoms with van der Waals surface area (Å²) < 4.78 is 0. The number of phenols is 1. The molecular weight excluding hydrogens is 376 g/mol. The standard InChI is InChI=1S/C30H44O/c1-10-12-22(24-18-27(30(7,8)9)28(31)16-20(24)3)23-17-26(29(4,5)6)25(15-19(23)2)21-13-11-14-21/h15-18,21-22,31H,10-14H2,1-9H3. The summed E-state index contributed by atoms with van der Waals surface area (Å²) in [5.41, 5.74) is 9.72. The quantitative estimate of drug-likeness (QED) is 0.512. The molecule has 170 valence electrons. The van der Waals surface area contributed by atoms with Gasteiger partial charge in [-0.05, 0) is 94.9 Å². The zero-order valence-electron chi connectivity index (χ0n) is 21.4. The molecule has 0 amide bonds. The van der Waals surface area contributed by atoms with Gasteiger partial charge in [0.05, 0.1) is 0 Å². The molecule has 0 heterocycles. The van der Waals surface area contributed by atoms with Crippen LogP contribution in [0.4, 0.5) is 0 Å². The summed E-state index contributed by atoms with van der Waals surface area (Å²) in [6.07, 6.45) is 6.32. The zero-order chi connectivity index (χ0) is 23.1. The van der Waals surface area contributed by atoms with E-state index in [0.717, 1.165) is 24.3 Å². The molecule has 0 bridgehead atoms. The maximum atomic E-state index is 10.7. The van der Waals surface area contributed by atoms with Crippen LogP contribution in [-0.2, 0) is 10.8 Å². The highest BCUT2D eigenvalue weighted by Gasteiger charge is 2.30. The minimum absolute atomic E-state index is 0.0804. The Labute approximate surface area is 191 Å². The van der Waals surface area contributed by atoms with Gasteiger partial charge in [-0.2, -0.15) is 0 Å². The summed E-state index contributed by atoms with van der Waals surface area (Å²) in [4.78, 5) is 0. The average molecular weight is 421 g/mol. The summed E-state index contributed by atoms with van der Waals surface area (Å²) in [5, 5.41) is 10.7. The van der Waals surface area contributed by atoms with E-state index in [1.165, 1.54) is 47.1 Å². The number of aromatic hydroxyl groups is 1. The monoisotopic (exact) mass is 420 g/mol. The van der Waals surface area contributed by atoms with Crippen molar-refractivity contribution in [3.05, 3.63) is 63.2 Å². The molecule has 1 heteroatoms. The second-order valence-electron chi connectivity index (χ2n) is 12.0. The van der Waals surface area contributed by atoms with Crippen molar-refractivity contribution >= 4 is 0 Å². The average Bonchev–Trinajstić information content (AvgIpc) is 2.57. The molecule has 1 unspecified atom stereocenters. The van der Waals surface area contributed by atoms with Crippen molar-refractivity contribution < 1.29 is 5.11 Å². The summed E-state index contributed by atoms with van der Waals surface area (Å²) in [7, 11) is 0. The maximum Gasteiger partial charge on any atom is 0.119 e. The second kappa shape index (κ2) is 8.64. The lowest BCUT2D eigenvalue weighted by molar-refractivity contribution is 0.410. The highest BCUT2D eigenvalue weighted by molar-refractivity contribution is 5.52. The molecule has 0 spiro atoms. The number of hydrogen-bond donors (Lipinski definition) is 1. The molecule has 1 saturated carbocycles. The number of benzene rings is 2. The Morgan fingerprint density at radius 1 is 0.839 bits per heavy atom. The van der Waals surface area contributed by atoms with Crippen molar-refractivity contribution in [2.24, 2.45) is 0 Å². The molecule has 1 aliphatic carbocycles. The Balaban J connectivity index is 2.21. The minimum Gasteiger partial charge on any atom is -0.508 e. The largest absolute Gasteiger partial charge is 0.508 e. The number of hydrogen-bond acceptors (Lipinski definition) is 1. The summed E-state index contributed by atoms with van der Waals surface area (Å²) in [6, 6.07) is 9.34. The molecule has 2 aromatic carbocycles. The lowest BCUT2D eigenvalue weighted by Crippen LogP contribution is -2.21. The summed E-state index contributed by atoms with van der Waals surface area (Å²) >= 11 is 0. The third kappa shape index (κ3) is 4.86. The van der Waals surface area contributed by atoms with E-state index in [1.807, 2.05) is 6.07 Å². The van der Waals surface area contributed by atoms with Crippen LogP contribution < -0.4 is 0 Å². The Bertz CT molecular complexity index is 932. The van der Waals surface area contributed by atoms with Crippen LogP contribution >= 0.6 is 0 Å². The number of rotatable bonds is 5. The van der Waals surface area contributed by atoms with Gasteiger partial charge in [0.2, 0.25) is 0 Å². The van der Waals surface area contributed by atoms with Crippen LogP contribution in [0, 0.1) is 13.8 Å². The molecule has 0 aromatic heterocycles. The molecule has 2 aromatic rings. The first kappa shape index (κ1) is 23.9. The predicted octanol–water partition coefficient (Wildman–Crippen LogP) is 8.80. The zero-order valence-corrected chi connectivity index (χ0v) is 21.4. The number of aryl methyl sites for hydroxylation is 2. The van der Waals surface area contributed by atoms with E-state index in [-0.39, 0.29) is 10.8 Å². The van der Waals surface area contributed by atoms with Crippen molar-refractivity contribution in [2.45, 2.75) is 117 Å². The molecule has 1 atom stereocenters. The molecule has 1 nitrogen and oxygen atoms in total. The maximum absolute atomic E-state index is 10.7. The second-order valence-corrected chi connectivity index (χ2v) is 12.0. The van der Waals surface area contributed by atoms with Gasteiger partial charge in [-0.15, -0.1) is 0 Å². The van der Waals surface area contributed by atoms with Gasteiger partial charge >= 0.3 is 0 Å².